The second-order valence-electron chi connectivity index (χ2n) is 7.13. The third-order valence-corrected chi connectivity index (χ3v) is 4.98. The van der Waals surface area contributed by atoms with Crippen LogP contribution in [-0.2, 0) is 11.3 Å². The van der Waals surface area contributed by atoms with Crippen molar-refractivity contribution in [2.45, 2.75) is 26.4 Å². The van der Waals surface area contributed by atoms with E-state index in [1.54, 1.807) is 12.1 Å². The van der Waals surface area contributed by atoms with Crippen molar-refractivity contribution in [2.75, 3.05) is 5.32 Å². The Morgan fingerprint density at radius 3 is 2.42 bits per heavy atom. The van der Waals surface area contributed by atoms with E-state index >= 15 is 0 Å². The highest BCUT2D eigenvalue weighted by molar-refractivity contribution is 6.31. The van der Waals surface area contributed by atoms with Gasteiger partial charge >= 0.3 is 0 Å². The van der Waals surface area contributed by atoms with Crippen molar-refractivity contribution in [3.63, 3.8) is 0 Å². The number of para-hydroxylation sites is 1. The maximum atomic E-state index is 12.9. The first-order valence-corrected chi connectivity index (χ1v) is 10.2. The van der Waals surface area contributed by atoms with Gasteiger partial charge in [-0.2, -0.15) is 10.2 Å². The second-order valence-corrected chi connectivity index (χ2v) is 7.54. The summed E-state index contributed by atoms with van der Waals surface area (Å²) in [5.41, 5.74) is 10.4. The summed E-state index contributed by atoms with van der Waals surface area (Å²) in [4.78, 5) is 17.3. The highest BCUT2D eigenvalue weighted by Crippen LogP contribution is 2.18. The van der Waals surface area contributed by atoms with E-state index in [1.807, 2.05) is 74.5 Å². The zero-order valence-corrected chi connectivity index (χ0v) is 18.2. The maximum absolute atomic E-state index is 12.9. The molecular formula is C24H24ClN5O. The Kier molecular flexibility index (Phi) is 7.51. The summed E-state index contributed by atoms with van der Waals surface area (Å²) in [5.74, 6) is -0.326. The number of aryl methyl sites for hydroxylation is 2. The summed E-state index contributed by atoms with van der Waals surface area (Å²) in [6, 6.07) is 21.2. The van der Waals surface area contributed by atoms with Crippen LogP contribution in [0.5, 0.6) is 0 Å². The number of nitrogens with one attached hydrogen (secondary N) is 1. The molecule has 0 aromatic heterocycles. The van der Waals surface area contributed by atoms with Gasteiger partial charge in [0.15, 0.2) is 0 Å². The molecule has 0 aliphatic rings. The molecule has 7 heteroatoms. The number of azo groups is 1. The standard InChI is InChI=1S/C24H24ClN5O/c1-16-8-11-20(12-9-16)29-30-22(24(31)28-19-6-4-3-5-7-19)23(26)27-15-18-10-13-21(25)17(2)14-18/h3-14,22H,15H2,1-2H3,(H2,26,27)(H,28,31). The molecule has 1 atom stereocenters. The molecule has 0 aliphatic carbocycles. The molecular weight excluding hydrogens is 410 g/mol. The van der Waals surface area contributed by atoms with Gasteiger partial charge in [0.1, 0.15) is 5.84 Å². The van der Waals surface area contributed by atoms with Gasteiger partial charge in [0.25, 0.3) is 5.91 Å². The van der Waals surface area contributed by atoms with Gasteiger partial charge in [0.05, 0.1) is 12.2 Å². The van der Waals surface area contributed by atoms with Crippen molar-refractivity contribution in [2.24, 2.45) is 21.0 Å². The van der Waals surface area contributed by atoms with Gasteiger partial charge < -0.3 is 11.1 Å². The first-order chi connectivity index (χ1) is 14.9. The van der Waals surface area contributed by atoms with Crippen LogP contribution in [0.1, 0.15) is 16.7 Å². The molecule has 0 saturated heterocycles. The third kappa shape index (κ3) is 6.49. The predicted octanol–water partition coefficient (Wildman–Crippen LogP) is 5.61. The molecule has 3 N–H and O–H groups in total. The molecule has 158 valence electrons. The van der Waals surface area contributed by atoms with Gasteiger partial charge in [-0.1, -0.05) is 59.6 Å². The van der Waals surface area contributed by atoms with E-state index in [9.17, 15) is 4.79 Å². The second kappa shape index (κ2) is 10.5. The van der Waals surface area contributed by atoms with Crippen molar-refractivity contribution in [1.82, 2.24) is 0 Å². The zero-order chi connectivity index (χ0) is 22.2. The molecule has 1 amide bonds. The number of rotatable bonds is 7. The minimum atomic E-state index is -1.06. The number of carbonyl (C=O) groups excluding carboxylic acids is 1. The van der Waals surface area contributed by atoms with Crippen LogP contribution in [0.15, 0.2) is 88.0 Å². The molecule has 0 saturated carbocycles. The minimum Gasteiger partial charge on any atom is -0.385 e. The molecule has 0 heterocycles. The van der Waals surface area contributed by atoms with Gasteiger partial charge in [0.2, 0.25) is 6.04 Å². The first-order valence-electron chi connectivity index (χ1n) is 9.80. The molecule has 0 radical (unpaired) electrons. The van der Waals surface area contributed by atoms with Crippen LogP contribution in [0.3, 0.4) is 0 Å². The van der Waals surface area contributed by atoms with E-state index in [0.717, 1.165) is 16.7 Å². The molecule has 3 aromatic carbocycles. The fraction of sp³-hybridized carbons (Fsp3) is 0.167. The topological polar surface area (TPSA) is 92.2 Å². The van der Waals surface area contributed by atoms with Crippen molar-refractivity contribution < 1.29 is 4.79 Å². The number of nitrogens with zero attached hydrogens (tertiary/aromatic N) is 3. The molecule has 0 bridgehead atoms. The van der Waals surface area contributed by atoms with Crippen LogP contribution in [0.4, 0.5) is 11.4 Å². The summed E-state index contributed by atoms with van der Waals surface area (Å²) in [7, 11) is 0. The van der Waals surface area contributed by atoms with Crippen LogP contribution in [0, 0.1) is 13.8 Å². The number of halogens is 1. The maximum Gasteiger partial charge on any atom is 0.258 e. The van der Waals surface area contributed by atoms with E-state index in [2.05, 4.69) is 20.5 Å². The fourth-order valence-electron chi connectivity index (χ4n) is 2.79. The van der Waals surface area contributed by atoms with E-state index in [-0.39, 0.29) is 5.84 Å². The Hall–Kier alpha value is -3.51. The number of amidine groups is 1. The smallest absolute Gasteiger partial charge is 0.258 e. The van der Waals surface area contributed by atoms with E-state index < -0.39 is 11.9 Å². The lowest BCUT2D eigenvalue weighted by Crippen LogP contribution is -2.38. The highest BCUT2D eigenvalue weighted by atomic mass is 35.5. The van der Waals surface area contributed by atoms with E-state index in [0.29, 0.717) is 22.9 Å². The van der Waals surface area contributed by atoms with Crippen molar-refractivity contribution in [3.8, 4) is 0 Å². The van der Waals surface area contributed by atoms with Gasteiger partial charge in [-0.25, -0.2) is 0 Å². The molecule has 0 aliphatic heterocycles. The van der Waals surface area contributed by atoms with Crippen LogP contribution in [-0.4, -0.2) is 17.8 Å². The Morgan fingerprint density at radius 1 is 1.03 bits per heavy atom. The summed E-state index contributed by atoms with van der Waals surface area (Å²) < 4.78 is 0. The lowest BCUT2D eigenvalue weighted by Gasteiger charge is -2.12. The van der Waals surface area contributed by atoms with Gasteiger partial charge in [-0.05, 0) is 55.3 Å². The fourth-order valence-corrected chi connectivity index (χ4v) is 2.91. The number of amides is 1. The number of hydrogen-bond donors (Lipinski definition) is 2. The van der Waals surface area contributed by atoms with Crippen LogP contribution in [0.25, 0.3) is 0 Å². The Morgan fingerprint density at radius 2 is 1.74 bits per heavy atom. The Bertz CT molecular complexity index is 1090. The monoisotopic (exact) mass is 433 g/mol. The summed E-state index contributed by atoms with van der Waals surface area (Å²) in [5, 5.41) is 11.9. The Balaban J connectivity index is 1.82. The average Bonchev–Trinajstić information content (AvgIpc) is 2.76. The number of benzene rings is 3. The Labute approximate surface area is 186 Å². The molecule has 3 rings (SSSR count). The quantitative estimate of drug-likeness (QED) is 0.288. The molecule has 0 spiro atoms. The number of aliphatic imine (C=N–C) groups is 1. The van der Waals surface area contributed by atoms with Gasteiger partial charge in [0, 0.05) is 10.7 Å². The third-order valence-electron chi connectivity index (χ3n) is 4.56. The van der Waals surface area contributed by atoms with Crippen molar-refractivity contribution >= 4 is 34.7 Å². The number of hydrogen-bond acceptors (Lipinski definition) is 4. The minimum absolute atomic E-state index is 0.0805. The molecule has 6 nitrogen and oxygen atoms in total. The lowest BCUT2D eigenvalue weighted by molar-refractivity contribution is -0.116. The predicted molar refractivity (Wildman–Crippen MR) is 126 cm³/mol. The van der Waals surface area contributed by atoms with Crippen LogP contribution >= 0.6 is 11.6 Å². The molecule has 1 unspecified atom stereocenters. The number of anilines is 1. The zero-order valence-electron chi connectivity index (χ0n) is 17.4. The van der Waals surface area contributed by atoms with Gasteiger partial charge in [-0.3, -0.25) is 9.79 Å². The van der Waals surface area contributed by atoms with E-state index in [1.165, 1.54) is 0 Å². The summed E-state index contributed by atoms with van der Waals surface area (Å²) in [6.07, 6.45) is 0. The van der Waals surface area contributed by atoms with E-state index in [4.69, 9.17) is 17.3 Å². The summed E-state index contributed by atoms with van der Waals surface area (Å²) in [6.45, 7) is 4.21. The highest BCUT2D eigenvalue weighted by Gasteiger charge is 2.22. The SMILES string of the molecule is Cc1ccc(N=NC(C(=O)Nc2ccccc2)C(N)=NCc2ccc(Cl)c(C)c2)cc1. The molecule has 0 fully saturated rings. The van der Waals surface area contributed by atoms with Crippen LogP contribution < -0.4 is 11.1 Å². The molecule has 31 heavy (non-hydrogen) atoms. The lowest BCUT2D eigenvalue weighted by atomic mass is 10.1. The average molecular weight is 434 g/mol. The van der Waals surface area contributed by atoms with Crippen LogP contribution in [0.2, 0.25) is 5.02 Å². The normalized spacial score (nSPS) is 12.7. The first kappa shape index (κ1) is 22.2. The van der Waals surface area contributed by atoms with Crippen molar-refractivity contribution in [1.29, 1.82) is 0 Å². The summed E-state index contributed by atoms with van der Waals surface area (Å²) >= 11 is 6.08. The number of carbonyl (C=O) groups is 1. The molecule has 3 aromatic rings. The van der Waals surface area contributed by atoms with Gasteiger partial charge in [-0.15, -0.1) is 0 Å². The largest absolute Gasteiger partial charge is 0.385 e. The van der Waals surface area contributed by atoms with Crippen molar-refractivity contribution in [3.05, 3.63) is 94.5 Å². The number of nitrogens with two attached hydrogens (primary N) is 1.